The molecule has 170 valence electrons. The summed E-state index contributed by atoms with van der Waals surface area (Å²) < 4.78 is 2.51. The first-order valence-corrected chi connectivity index (χ1v) is 12.7. The Morgan fingerprint density at radius 1 is 0.528 bits per heavy atom. The normalized spacial score (nSPS) is 14.1. The van der Waals surface area contributed by atoms with Gasteiger partial charge >= 0.3 is 0 Å². The van der Waals surface area contributed by atoms with Crippen molar-refractivity contribution in [3.8, 4) is 16.8 Å². The van der Waals surface area contributed by atoms with Gasteiger partial charge in [-0.15, -0.1) is 0 Å². The van der Waals surface area contributed by atoms with E-state index in [1.165, 1.54) is 71.3 Å². The molecule has 8 rings (SSSR count). The van der Waals surface area contributed by atoms with Crippen LogP contribution in [0.4, 0.5) is 0 Å². The van der Waals surface area contributed by atoms with Gasteiger partial charge in [-0.2, -0.15) is 0 Å². The second-order valence-electron chi connectivity index (χ2n) is 10.6. The number of nitrogens with zero attached hydrogens (tertiary/aromatic N) is 1. The number of para-hydroxylation sites is 1. The van der Waals surface area contributed by atoms with Gasteiger partial charge in [0, 0.05) is 21.9 Å². The second-order valence-corrected chi connectivity index (χ2v) is 10.6. The van der Waals surface area contributed by atoms with Gasteiger partial charge in [0.25, 0.3) is 0 Å². The standard InChI is InChI=1S/C35H25N/c1-35(2)31-13-7-5-11-26(31)28-19-20-29-27-12-6-8-14-32(27)36(34(29)33(28)35)24-18-17-23-16-15-22-9-3-4-10-25(22)30(23)21-24/h3-21H,1-2H3. The summed E-state index contributed by atoms with van der Waals surface area (Å²) in [4.78, 5) is 0. The Morgan fingerprint density at radius 2 is 1.22 bits per heavy atom. The third-order valence-electron chi connectivity index (χ3n) is 8.34. The zero-order valence-corrected chi connectivity index (χ0v) is 20.4. The van der Waals surface area contributed by atoms with Crippen molar-refractivity contribution in [1.29, 1.82) is 0 Å². The van der Waals surface area contributed by atoms with Gasteiger partial charge in [-0.3, -0.25) is 0 Å². The maximum Gasteiger partial charge on any atom is 0.0588 e. The summed E-state index contributed by atoms with van der Waals surface area (Å²) in [5, 5.41) is 7.78. The minimum atomic E-state index is -0.0822. The lowest BCUT2D eigenvalue weighted by molar-refractivity contribution is 0.664. The number of benzene rings is 6. The average Bonchev–Trinajstić information content (AvgIpc) is 3.38. The first-order chi connectivity index (χ1) is 17.6. The quantitative estimate of drug-likeness (QED) is 0.215. The average molecular weight is 460 g/mol. The van der Waals surface area contributed by atoms with Crippen LogP contribution in [-0.4, -0.2) is 4.57 Å². The molecule has 7 aromatic rings. The molecule has 0 bridgehead atoms. The number of hydrogen-bond acceptors (Lipinski definition) is 0. The Balaban J connectivity index is 1.55. The Labute approximate surface area is 210 Å². The Hall–Kier alpha value is -4.36. The van der Waals surface area contributed by atoms with E-state index in [2.05, 4.69) is 134 Å². The fourth-order valence-corrected chi connectivity index (χ4v) is 6.71. The van der Waals surface area contributed by atoms with E-state index < -0.39 is 0 Å². The molecule has 36 heavy (non-hydrogen) atoms. The smallest absolute Gasteiger partial charge is 0.0588 e. The molecule has 0 unspecified atom stereocenters. The first kappa shape index (κ1) is 19.9. The molecule has 0 fully saturated rings. The molecule has 1 nitrogen and oxygen atoms in total. The van der Waals surface area contributed by atoms with Crippen LogP contribution in [0, 0.1) is 0 Å². The van der Waals surface area contributed by atoms with Crippen LogP contribution in [0.5, 0.6) is 0 Å². The molecule has 0 spiro atoms. The molecule has 1 aliphatic carbocycles. The fraction of sp³-hybridized carbons (Fsp3) is 0.0857. The predicted molar refractivity (Wildman–Crippen MR) is 153 cm³/mol. The predicted octanol–water partition coefficient (Wildman–Crippen LogP) is 9.40. The van der Waals surface area contributed by atoms with Gasteiger partial charge in [0.05, 0.1) is 11.0 Å². The molecule has 1 heterocycles. The highest BCUT2D eigenvalue weighted by Crippen LogP contribution is 2.52. The molecule has 1 aliphatic rings. The van der Waals surface area contributed by atoms with Crippen molar-refractivity contribution in [3.05, 3.63) is 126 Å². The minimum Gasteiger partial charge on any atom is -0.309 e. The van der Waals surface area contributed by atoms with Gasteiger partial charge in [-0.1, -0.05) is 111 Å². The summed E-state index contributed by atoms with van der Waals surface area (Å²) >= 11 is 0. The molecule has 1 aromatic heterocycles. The van der Waals surface area contributed by atoms with Gasteiger partial charge in [0.2, 0.25) is 0 Å². The lowest BCUT2D eigenvalue weighted by Gasteiger charge is -2.23. The molecule has 0 amide bonds. The number of aromatic nitrogens is 1. The van der Waals surface area contributed by atoms with Crippen molar-refractivity contribution in [2.75, 3.05) is 0 Å². The first-order valence-electron chi connectivity index (χ1n) is 12.7. The Morgan fingerprint density at radius 3 is 2.11 bits per heavy atom. The van der Waals surface area contributed by atoms with Crippen LogP contribution >= 0.6 is 0 Å². The summed E-state index contributed by atoms with van der Waals surface area (Å²) in [6.07, 6.45) is 0. The van der Waals surface area contributed by atoms with E-state index in [0.717, 1.165) is 0 Å². The number of rotatable bonds is 1. The van der Waals surface area contributed by atoms with E-state index in [0.29, 0.717) is 0 Å². The summed E-state index contributed by atoms with van der Waals surface area (Å²) in [7, 11) is 0. The summed E-state index contributed by atoms with van der Waals surface area (Å²) in [5.74, 6) is 0. The maximum absolute atomic E-state index is 2.51. The molecule has 0 radical (unpaired) electrons. The second kappa shape index (κ2) is 6.86. The van der Waals surface area contributed by atoms with Gasteiger partial charge in [-0.05, 0) is 62.0 Å². The van der Waals surface area contributed by atoms with E-state index in [1.54, 1.807) is 0 Å². The van der Waals surface area contributed by atoms with E-state index in [4.69, 9.17) is 0 Å². The summed E-state index contributed by atoms with van der Waals surface area (Å²) in [6, 6.07) is 42.6. The third-order valence-corrected chi connectivity index (χ3v) is 8.34. The van der Waals surface area contributed by atoms with E-state index >= 15 is 0 Å². The molecule has 0 atom stereocenters. The summed E-state index contributed by atoms with van der Waals surface area (Å²) in [6.45, 7) is 4.76. The minimum absolute atomic E-state index is 0.0822. The molecule has 0 N–H and O–H groups in total. The van der Waals surface area contributed by atoms with Crippen LogP contribution in [0.25, 0.3) is 60.2 Å². The van der Waals surface area contributed by atoms with Gasteiger partial charge in [-0.25, -0.2) is 0 Å². The highest BCUT2D eigenvalue weighted by atomic mass is 15.0. The van der Waals surface area contributed by atoms with Crippen LogP contribution in [0.3, 0.4) is 0 Å². The van der Waals surface area contributed by atoms with Crippen LogP contribution in [0.1, 0.15) is 25.0 Å². The Bertz CT molecular complexity index is 2020. The zero-order chi connectivity index (χ0) is 24.0. The van der Waals surface area contributed by atoms with E-state index in [9.17, 15) is 0 Å². The number of fused-ring (bicyclic) bond motifs is 10. The Kier molecular flexibility index (Phi) is 3.79. The molecule has 0 saturated heterocycles. The van der Waals surface area contributed by atoms with Gasteiger partial charge < -0.3 is 4.57 Å². The molecule has 0 aliphatic heterocycles. The SMILES string of the molecule is CC1(C)c2ccccc2-c2ccc3c4ccccc4n(-c4ccc5ccc6ccccc6c5c4)c3c21. The van der Waals surface area contributed by atoms with Crippen LogP contribution in [0.15, 0.2) is 115 Å². The van der Waals surface area contributed by atoms with E-state index in [1.807, 2.05) is 0 Å². The van der Waals surface area contributed by atoms with Crippen LogP contribution in [0.2, 0.25) is 0 Å². The lowest BCUT2D eigenvalue weighted by atomic mass is 9.81. The summed E-state index contributed by atoms with van der Waals surface area (Å²) in [5.41, 5.74) is 9.27. The van der Waals surface area contributed by atoms with Crippen molar-refractivity contribution < 1.29 is 0 Å². The van der Waals surface area contributed by atoms with Crippen molar-refractivity contribution in [2.45, 2.75) is 19.3 Å². The van der Waals surface area contributed by atoms with Crippen LogP contribution < -0.4 is 0 Å². The molecule has 1 heteroatoms. The lowest BCUT2D eigenvalue weighted by Crippen LogP contribution is -2.16. The largest absolute Gasteiger partial charge is 0.309 e. The fourth-order valence-electron chi connectivity index (χ4n) is 6.71. The highest BCUT2D eigenvalue weighted by molar-refractivity contribution is 6.14. The van der Waals surface area contributed by atoms with Crippen molar-refractivity contribution in [2.24, 2.45) is 0 Å². The topological polar surface area (TPSA) is 4.93 Å². The van der Waals surface area contributed by atoms with Gasteiger partial charge in [0.15, 0.2) is 0 Å². The zero-order valence-electron chi connectivity index (χ0n) is 20.4. The monoisotopic (exact) mass is 459 g/mol. The van der Waals surface area contributed by atoms with Crippen molar-refractivity contribution >= 4 is 43.4 Å². The molecular formula is C35H25N. The molecular weight excluding hydrogens is 434 g/mol. The van der Waals surface area contributed by atoms with Crippen molar-refractivity contribution in [3.63, 3.8) is 0 Å². The highest BCUT2D eigenvalue weighted by Gasteiger charge is 2.38. The van der Waals surface area contributed by atoms with Crippen LogP contribution in [-0.2, 0) is 5.41 Å². The van der Waals surface area contributed by atoms with Crippen molar-refractivity contribution in [1.82, 2.24) is 4.57 Å². The number of hydrogen-bond donors (Lipinski definition) is 0. The van der Waals surface area contributed by atoms with E-state index in [-0.39, 0.29) is 5.41 Å². The third kappa shape index (κ3) is 2.45. The van der Waals surface area contributed by atoms with Gasteiger partial charge in [0.1, 0.15) is 0 Å². The maximum atomic E-state index is 2.51. The molecule has 0 saturated carbocycles. The molecule has 6 aromatic carbocycles.